The van der Waals surface area contributed by atoms with Gasteiger partial charge in [-0.2, -0.15) is 0 Å². The van der Waals surface area contributed by atoms with Gasteiger partial charge in [0.1, 0.15) is 19.0 Å². The Kier molecular flexibility index (Phi) is 3.55. The average Bonchev–Trinajstić information content (AvgIpc) is 3.00. The van der Waals surface area contributed by atoms with Crippen LogP contribution < -0.4 is 20.3 Å². The maximum atomic E-state index is 11.5. The van der Waals surface area contributed by atoms with Gasteiger partial charge in [0.25, 0.3) is 5.91 Å². The van der Waals surface area contributed by atoms with Gasteiger partial charge < -0.3 is 14.8 Å². The molecule has 0 aromatic heterocycles. The lowest BCUT2D eigenvalue weighted by Crippen LogP contribution is -2.19. The summed E-state index contributed by atoms with van der Waals surface area (Å²) in [7, 11) is 0. The van der Waals surface area contributed by atoms with Gasteiger partial charge in [0.05, 0.1) is 5.69 Å². The van der Waals surface area contributed by atoms with E-state index in [4.69, 9.17) is 14.7 Å². The predicted octanol–water partition coefficient (Wildman–Crippen LogP) is 2.28. The Labute approximate surface area is 137 Å². The molecule has 0 atom stereocenters. The number of carbonyl (C=O) groups excluding carboxylic acids is 1. The molecule has 0 radical (unpaired) electrons. The van der Waals surface area contributed by atoms with Gasteiger partial charge in [0.2, 0.25) is 0 Å². The van der Waals surface area contributed by atoms with E-state index >= 15 is 0 Å². The van der Waals surface area contributed by atoms with Gasteiger partial charge in [-0.05, 0) is 29.8 Å². The van der Waals surface area contributed by atoms with Crippen molar-refractivity contribution < 1.29 is 19.5 Å². The van der Waals surface area contributed by atoms with Crippen LogP contribution in [0.4, 0.5) is 11.4 Å². The first-order valence-electron chi connectivity index (χ1n) is 7.54. The molecule has 2 heterocycles. The van der Waals surface area contributed by atoms with E-state index in [1.165, 1.54) is 0 Å². The number of hydrogen-bond acceptors (Lipinski definition) is 6. The molecule has 122 valence electrons. The van der Waals surface area contributed by atoms with Gasteiger partial charge >= 0.3 is 0 Å². The van der Waals surface area contributed by atoms with E-state index in [1.807, 2.05) is 18.2 Å². The highest BCUT2D eigenvalue weighted by molar-refractivity contribution is 6.03. The van der Waals surface area contributed by atoms with Crippen molar-refractivity contribution in [1.29, 1.82) is 0 Å². The van der Waals surface area contributed by atoms with Gasteiger partial charge in [-0.25, -0.2) is 10.5 Å². The quantitative estimate of drug-likeness (QED) is 0.582. The number of nitrogens with zero attached hydrogens (tertiary/aromatic N) is 1. The Bertz CT molecular complexity index is 848. The zero-order valence-electron chi connectivity index (χ0n) is 12.7. The second kappa shape index (κ2) is 5.86. The molecule has 2 aromatic rings. The zero-order chi connectivity index (χ0) is 16.5. The van der Waals surface area contributed by atoms with Gasteiger partial charge in [0.15, 0.2) is 11.5 Å². The molecule has 7 nitrogen and oxygen atoms in total. The minimum absolute atomic E-state index is 0.357. The molecule has 0 spiro atoms. The molecule has 0 aliphatic carbocycles. The van der Waals surface area contributed by atoms with Gasteiger partial charge in [-0.1, -0.05) is 6.07 Å². The smallest absolute Gasteiger partial charge is 0.274 e. The molecule has 2 aliphatic heterocycles. The van der Waals surface area contributed by atoms with E-state index in [9.17, 15) is 4.79 Å². The summed E-state index contributed by atoms with van der Waals surface area (Å²) >= 11 is 0. The molecule has 1 amide bonds. The highest BCUT2D eigenvalue weighted by atomic mass is 16.6. The van der Waals surface area contributed by atoms with E-state index in [0.29, 0.717) is 30.9 Å². The molecule has 0 bridgehead atoms. The van der Waals surface area contributed by atoms with Crippen LogP contribution in [-0.2, 0) is 6.42 Å². The lowest BCUT2D eigenvalue weighted by molar-refractivity contribution is 0.0706. The van der Waals surface area contributed by atoms with E-state index in [1.54, 1.807) is 23.7 Å². The van der Waals surface area contributed by atoms with Crippen molar-refractivity contribution in [2.24, 2.45) is 4.99 Å². The van der Waals surface area contributed by atoms with E-state index in [0.717, 1.165) is 28.5 Å². The summed E-state index contributed by atoms with van der Waals surface area (Å²) < 4.78 is 11.2. The molecule has 24 heavy (non-hydrogen) atoms. The van der Waals surface area contributed by atoms with Crippen molar-refractivity contribution in [3.63, 3.8) is 0 Å². The number of hydroxylamine groups is 1. The number of carbonyl (C=O) groups is 1. The van der Waals surface area contributed by atoms with E-state index in [2.05, 4.69) is 10.3 Å². The fraction of sp³-hybridized carbons (Fsp3) is 0.176. The van der Waals surface area contributed by atoms with Crippen LogP contribution in [0.25, 0.3) is 0 Å². The van der Waals surface area contributed by atoms with Crippen LogP contribution >= 0.6 is 0 Å². The molecule has 4 rings (SSSR count). The van der Waals surface area contributed by atoms with Crippen molar-refractivity contribution in [1.82, 2.24) is 5.48 Å². The summed E-state index contributed by atoms with van der Waals surface area (Å²) in [5.41, 5.74) is 4.62. The van der Waals surface area contributed by atoms with Gasteiger partial charge in [-0.15, -0.1) is 0 Å². The Morgan fingerprint density at radius 3 is 2.71 bits per heavy atom. The summed E-state index contributed by atoms with van der Waals surface area (Å²) in [6.07, 6.45) is 0.641. The normalized spacial score (nSPS) is 14.6. The standard InChI is InChI=1S/C17H15N3O4/c21-17(20-22)10-2-1-3-12(6-10)18-16-8-11-7-14-15(9-13(11)19-16)24-5-4-23-14/h1-3,6-7,9,22H,4-5,8H2,(H,18,19)(H,20,21). The number of fused-ring (bicyclic) bond motifs is 2. The molecule has 0 saturated carbocycles. The largest absolute Gasteiger partial charge is 0.486 e. The molecule has 2 aliphatic rings. The predicted molar refractivity (Wildman–Crippen MR) is 87.5 cm³/mol. The zero-order valence-corrected chi connectivity index (χ0v) is 12.7. The van der Waals surface area contributed by atoms with Crippen LogP contribution in [0.3, 0.4) is 0 Å². The molecular formula is C17H15N3O4. The number of anilines is 1. The first-order chi connectivity index (χ1) is 11.7. The Morgan fingerprint density at radius 2 is 1.92 bits per heavy atom. The van der Waals surface area contributed by atoms with Crippen LogP contribution in [-0.4, -0.2) is 30.2 Å². The first kappa shape index (κ1) is 14.5. The van der Waals surface area contributed by atoms with Crippen molar-refractivity contribution in [3.8, 4) is 11.5 Å². The fourth-order valence-corrected chi connectivity index (χ4v) is 2.77. The van der Waals surface area contributed by atoms with Crippen molar-refractivity contribution >= 4 is 23.1 Å². The number of amides is 1. The molecular weight excluding hydrogens is 310 g/mol. The number of aliphatic imine (C=N–C) groups is 1. The third-order valence-electron chi connectivity index (χ3n) is 3.87. The molecule has 7 heteroatoms. The Hall–Kier alpha value is -3.06. The van der Waals surface area contributed by atoms with Crippen LogP contribution in [0.1, 0.15) is 15.9 Å². The highest BCUT2D eigenvalue weighted by Gasteiger charge is 2.21. The second-order valence-electron chi connectivity index (χ2n) is 5.51. The molecule has 3 N–H and O–H groups in total. The number of benzene rings is 2. The highest BCUT2D eigenvalue weighted by Crippen LogP contribution is 2.39. The summed E-state index contributed by atoms with van der Waals surface area (Å²) in [4.78, 5) is 16.1. The number of nitrogens with one attached hydrogen (secondary N) is 2. The lowest BCUT2D eigenvalue weighted by Gasteiger charge is -2.18. The van der Waals surface area contributed by atoms with Crippen LogP contribution in [0.15, 0.2) is 41.4 Å². The van der Waals surface area contributed by atoms with Gasteiger partial charge in [0, 0.05) is 23.7 Å². The molecule has 0 unspecified atom stereocenters. The van der Waals surface area contributed by atoms with Crippen LogP contribution in [0.5, 0.6) is 11.5 Å². The van der Waals surface area contributed by atoms with Crippen LogP contribution in [0.2, 0.25) is 0 Å². The Morgan fingerprint density at radius 1 is 1.12 bits per heavy atom. The second-order valence-corrected chi connectivity index (χ2v) is 5.51. The van der Waals surface area contributed by atoms with E-state index in [-0.39, 0.29) is 0 Å². The molecule has 2 aromatic carbocycles. The van der Waals surface area contributed by atoms with Crippen molar-refractivity contribution in [2.45, 2.75) is 6.42 Å². The summed E-state index contributed by atoms with van der Waals surface area (Å²) in [5, 5.41) is 11.9. The number of amidine groups is 1. The SMILES string of the molecule is O=C(NO)c1cccc(NC2=Nc3cc4c(cc3C2)OCCO4)c1. The molecule has 0 fully saturated rings. The number of ether oxygens (including phenoxy) is 2. The third-order valence-corrected chi connectivity index (χ3v) is 3.87. The minimum Gasteiger partial charge on any atom is -0.486 e. The lowest BCUT2D eigenvalue weighted by atomic mass is 10.1. The first-order valence-corrected chi connectivity index (χ1v) is 7.54. The Balaban J connectivity index is 1.55. The third kappa shape index (κ3) is 2.65. The molecule has 0 saturated heterocycles. The number of hydrogen-bond donors (Lipinski definition) is 3. The van der Waals surface area contributed by atoms with Crippen molar-refractivity contribution in [2.75, 3.05) is 18.5 Å². The number of rotatable bonds is 2. The fourth-order valence-electron chi connectivity index (χ4n) is 2.77. The summed E-state index contributed by atoms with van der Waals surface area (Å²) in [6.45, 7) is 1.10. The minimum atomic E-state index is -0.558. The van der Waals surface area contributed by atoms with Gasteiger partial charge in [-0.3, -0.25) is 10.0 Å². The average molecular weight is 325 g/mol. The summed E-state index contributed by atoms with van der Waals surface area (Å²) in [6, 6.07) is 10.7. The maximum absolute atomic E-state index is 11.5. The monoisotopic (exact) mass is 325 g/mol. The van der Waals surface area contributed by atoms with Crippen molar-refractivity contribution in [3.05, 3.63) is 47.5 Å². The summed E-state index contributed by atoms with van der Waals surface area (Å²) in [5.74, 6) is 1.68. The van der Waals surface area contributed by atoms with Crippen LogP contribution in [0, 0.1) is 0 Å². The topological polar surface area (TPSA) is 92.2 Å². The maximum Gasteiger partial charge on any atom is 0.274 e. The van der Waals surface area contributed by atoms with E-state index < -0.39 is 5.91 Å².